The number of fused-ring (bicyclic) bond motifs is 2. The summed E-state index contributed by atoms with van der Waals surface area (Å²) in [5.74, 6) is 2.95. The number of benzene rings is 3. The van der Waals surface area contributed by atoms with Gasteiger partial charge < -0.3 is 15.6 Å². The van der Waals surface area contributed by atoms with Gasteiger partial charge >= 0.3 is 0 Å². The third-order valence-electron chi connectivity index (χ3n) is 8.99. The monoisotopic (exact) mass is 554 g/mol. The summed E-state index contributed by atoms with van der Waals surface area (Å²) in [6.07, 6.45) is 6.05. The second-order valence-electron chi connectivity index (χ2n) is 11.5. The summed E-state index contributed by atoms with van der Waals surface area (Å²) >= 11 is 0. The number of imidazole rings is 2. The summed E-state index contributed by atoms with van der Waals surface area (Å²) in [7, 11) is 0. The van der Waals surface area contributed by atoms with Gasteiger partial charge in [0.25, 0.3) is 0 Å². The molecule has 0 bridgehead atoms. The highest BCUT2D eigenvalue weighted by atomic mass is 15.2. The molecule has 2 aliphatic rings. The number of aromatic nitrogens is 5. The van der Waals surface area contributed by atoms with E-state index in [4.69, 9.17) is 15.7 Å². The van der Waals surface area contributed by atoms with Crippen LogP contribution in [-0.2, 0) is 6.54 Å². The predicted octanol–water partition coefficient (Wildman–Crippen LogP) is 5.19. The Bertz CT molecular complexity index is 1860. The Balaban J connectivity index is 1.20. The maximum Gasteiger partial charge on any atom is 0.150 e. The van der Waals surface area contributed by atoms with Gasteiger partial charge in [-0.3, -0.25) is 9.30 Å². The molecule has 4 heterocycles. The van der Waals surface area contributed by atoms with Gasteiger partial charge in [0.2, 0.25) is 0 Å². The highest BCUT2D eigenvalue weighted by molar-refractivity contribution is 5.91. The van der Waals surface area contributed by atoms with Crippen molar-refractivity contribution in [3.63, 3.8) is 0 Å². The lowest BCUT2D eigenvalue weighted by Gasteiger charge is -2.44. The SMILES string of the molecule is Nc1nccn2c1c(-c1ccc3c(c1)nc(-c1ccccc1)n3Cc1ccccc1)nc2[C@H]1C[C@@H](N2CCNCC2)C1. The minimum absolute atomic E-state index is 0.409. The number of anilines is 1. The standard InChI is InChI=1S/C34H34N8/c35-32-31-30(39-34(41(31)18-15-37-32)26-19-27(20-26)40-16-13-36-14-17-40)25-11-12-29-28(21-25)38-33(24-9-5-2-6-10-24)42(29)22-23-7-3-1-4-8-23/h1-12,15,18,21,26-27,36H,13-14,16-17,19-20,22H2,(H2,35,37)/t26-,27+. The van der Waals surface area contributed by atoms with Crippen LogP contribution in [0, 0.1) is 0 Å². The van der Waals surface area contributed by atoms with Crippen molar-refractivity contribution in [3.8, 4) is 22.6 Å². The van der Waals surface area contributed by atoms with Gasteiger partial charge in [-0.15, -0.1) is 0 Å². The van der Waals surface area contributed by atoms with Crippen LogP contribution in [-0.4, -0.2) is 61.0 Å². The van der Waals surface area contributed by atoms with Crippen molar-refractivity contribution >= 4 is 22.4 Å². The molecule has 0 atom stereocenters. The average Bonchev–Trinajstić information content (AvgIpc) is 3.57. The molecule has 1 saturated carbocycles. The van der Waals surface area contributed by atoms with E-state index in [0.717, 1.165) is 90.6 Å². The Morgan fingerprint density at radius 1 is 0.857 bits per heavy atom. The molecular weight excluding hydrogens is 520 g/mol. The minimum Gasteiger partial charge on any atom is -0.382 e. The topological polar surface area (TPSA) is 89.3 Å². The summed E-state index contributed by atoms with van der Waals surface area (Å²) in [6, 6.07) is 28.1. The highest BCUT2D eigenvalue weighted by Crippen LogP contribution is 2.42. The lowest BCUT2D eigenvalue weighted by molar-refractivity contribution is 0.0928. The van der Waals surface area contributed by atoms with Crippen LogP contribution >= 0.6 is 0 Å². The Kier molecular flexibility index (Phi) is 6.23. The van der Waals surface area contributed by atoms with Crippen molar-refractivity contribution < 1.29 is 0 Å². The molecule has 1 aliphatic carbocycles. The zero-order chi connectivity index (χ0) is 28.0. The van der Waals surface area contributed by atoms with E-state index in [1.54, 1.807) is 6.20 Å². The molecule has 8 heteroatoms. The van der Waals surface area contributed by atoms with Crippen molar-refractivity contribution in [2.45, 2.75) is 31.3 Å². The van der Waals surface area contributed by atoms with Crippen LogP contribution in [0.4, 0.5) is 5.82 Å². The maximum absolute atomic E-state index is 6.51. The molecule has 0 unspecified atom stereocenters. The van der Waals surface area contributed by atoms with Crippen LogP contribution in [0.25, 0.3) is 39.2 Å². The number of hydrogen-bond acceptors (Lipinski definition) is 6. The quantitative estimate of drug-likeness (QED) is 0.294. The van der Waals surface area contributed by atoms with Gasteiger partial charge in [0.15, 0.2) is 0 Å². The van der Waals surface area contributed by atoms with Crippen LogP contribution in [0.5, 0.6) is 0 Å². The molecule has 8 rings (SSSR count). The van der Waals surface area contributed by atoms with Crippen LogP contribution in [0.1, 0.15) is 30.1 Å². The lowest BCUT2D eigenvalue weighted by Crippen LogP contribution is -2.52. The maximum atomic E-state index is 6.51. The summed E-state index contributed by atoms with van der Waals surface area (Å²) < 4.78 is 4.48. The van der Waals surface area contributed by atoms with Crippen LogP contribution in [0.15, 0.2) is 91.3 Å². The van der Waals surface area contributed by atoms with Crippen LogP contribution < -0.4 is 11.1 Å². The number of nitrogen functional groups attached to an aromatic ring is 1. The summed E-state index contributed by atoms with van der Waals surface area (Å²) in [5.41, 5.74) is 13.6. The molecule has 2 fully saturated rings. The molecular formula is C34H34N8. The van der Waals surface area contributed by atoms with Gasteiger partial charge in [-0.2, -0.15) is 0 Å². The predicted molar refractivity (Wildman–Crippen MR) is 167 cm³/mol. The molecule has 8 nitrogen and oxygen atoms in total. The number of rotatable bonds is 6. The number of piperazine rings is 1. The number of nitrogens with one attached hydrogen (secondary N) is 1. The molecule has 1 aliphatic heterocycles. The first-order valence-electron chi connectivity index (χ1n) is 14.9. The molecule has 42 heavy (non-hydrogen) atoms. The smallest absolute Gasteiger partial charge is 0.150 e. The molecule has 0 spiro atoms. The Hall–Kier alpha value is -4.53. The van der Waals surface area contributed by atoms with Gasteiger partial charge in [-0.25, -0.2) is 15.0 Å². The molecule has 210 valence electrons. The van der Waals surface area contributed by atoms with Gasteiger partial charge in [0.1, 0.15) is 28.7 Å². The molecule has 0 amide bonds. The number of nitrogens with zero attached hydrogens (tertiary/aromatic N) is 6. The van der Waals surface area contributed by atoms with Crippen LogP contribution in [0.2, 0.25) is 0 Å². The van der Waals surface area contributed by atoms with Gasteiger partial charge in [-0.05, 0) is 30.5 Å². The van der Waals surface area contributed by atoms with E-state index in [9.17, 15) is 0 Å². The fourth-order valence-electron chi connectivity index (χ4n) is 6.73. The molecule has 3 aromatic carbocycles. The first-order valence-corrected chi connectivity index (χ1v) is 14.9. The molecule has 3 N–H and O–H groups in total. The number of nitrogens with two attached hydrogens (primary N) is 1. The first kappa shape index (κ1) is 25.2. The average molecular weight is 555 g/mol. The van der Waals surface area contributed by atoms with Gasteiger partial charge in [-0.1, -0.05) is 66.7 Å². The van der Waals surface area contributed by atoms with E-state index in [1.807, 2.05) is 12.3 Å². The molecule has 1 saturated heterocycles. The minimum atomic E-state index is 0.409. The molecule has 6 aromatic rings. The normalized spacial score (nSPS) is 19.3. The summed E-state index contributed by atoms with van der Waals surface area (Å²) in [6.45, 7) is 5.16. The summed E-state index contributed by atoms with van der Waals surface area (Å²) in [4.78, 5) is 17.5. The van der Waals surface area contributed by atoms with E-state index in [0.29, 0.717) is 17.8 Å². The van der Waals surface area contributed by atoms with E-state index >= 15 is 0 Å². The zero-order valence-corrected chi connectivity index (χ0v) is 23.5. The number of hydrogen-bond donors (Lipinski definition) is 2. The Labute approximate surface area is 244 Å². The summed E-state index contributed by atoms with van der Waals surface area (Å²) in [5, 5.41) is 3.47. The largest absolute Gasteiger partial charge is 0.382 e. The third kappa shape index (κ3) is 4.35. The van der Waals surface area contributed by atoms with E-state index < -0.39 is 0 Å². The Morgan fingerprint density at radius 2 is 1.62 bits per heavy atom. The molecule has 3 aromatic heterocycles. The van der Waals surface area contributed by atoms with Gasteiger partial charge in [0, 0.05) is 68.2 Å². The second-order valence-corrected chi connectivity index (χ2v) is 11.5. The van der Waals surface area contributed by atoms with Crippen molar-refractivity contribution in [2.75, 3.05) is 31.9 Å². The van der Waals surface area contributed by atoms with Crippen LogP contribution in [0.3, 0.4) is 0 Å². The van der Waals surface area contributed by atoms with Gasteiger partial charge in [0.05, 0.1) is 11.0 Å². The zero-order valence-electron chi connectivity index (χ0n) is 23.5. The molecule has 0 radical (unpaired) electrons. The fraction of sp³-hybridized carbons (Fsp3) is 0.265. The van der Waals surface area contributed by atoms with Crippen molar-refractivity contribution in [3.05, 3.63) is 103 Å². The van der Waals surface area contributed by atoms with E-state index in [2.05, 4.69) is 97.0 Å². The van der Waals surface area contributed by atoms with Crippen molar-refractivity contribution in [1.29, 1.82) is 0 Å². The van der Waals surface area contributed by atoms with Crippen molar-refractivity contribution in [2.24, 2.45) is 0 Å². The highest BCUT2D eigenvalue weighted by Gasteiger charge is 2.38. The van der Waals surface area contributed by atoms with E-state index in [1.165, 1.54) is 5.56 Å². The Morgan fingerprint density at radius 3 is 2.40 bits per heavy atom. The lowest BCUT2D eigenvalue weighted by atomic mass is 9.78. The first-order chi connectivity index (χ1) is 20.7. The third-order valence-corrected chi connectivity index (χ3v) is 8.99. The van der Waals surface area contributed by atoms with E-state index in [-0.39, 0.29) is 0 Å². The fourth-order valence-corrected chi connectivity index (χ4v) is 6.73. The second kappa shape index (κ2) is 10.4. The van der Waals surface area contributed by atoms with Crippen molar-refractivity contribution in [1.82, 2.24) is 34.1 Å².